The fraction of sp³-hybridized carbons (Fsp3) is 0.923. The average molecular weight is 271 g/mol. The Morgan fingerprint density at radius 2 is 1.84 bits per heavy atom. The van der Waals surface area contributed by atoms with E-state index < -0.39 is 0 Å². The molecule has 6 heteroatoms. The fourth-order valence-corrected chi connectivity index (χ4v) is 2.79. The van der Waals surface area contributed by atoms with Crippen LogP contribution in [-0.2, 0) is 9.47 Å². The molecule has 1 N–H and O–H groups in total. The van der Waals surface area contributed by atoms with Gasteiger partial charge in [-0.2, -0.15) is 0 Å². The molecule has 0 radical (unpaired) electrons. The zero-order valence-corrected chi connectivity index (χ0v) is 11.9. The maximum Gasteiger partial charge on any atom is 0.409 e. The number of carbonyl (C=O) groups is 1. The molecule has 0 aromatic heterocycles. The summed E-state index contributed by atoms with van der Waals surface area (Å²) in [6, 6.07) is 0.778. The number of likely N-dealkylation sites (tertiary alicyclic amines) is 1. The number of rotatable bonds is 4. The highest BCUT2D eigenvalue weighted by Crippen LogP contribution is 2.22. The van der Waals surface area contributed by atoms with Crippen LogP contribution in [0.15, 0.2) is 0 Å². The molecule has 6 nitrogen and oxygen atoms in total. The molecule has 2 rings (SSSR count). The Labute approximate surface area is 115 Å². The van der Waals surface area contributed by atoms with Crippen molar-refractivity contribution in [3.05, 3.63) is 0 Å². The largest absolute Gasteiger partial charge is 0.448 e. The number of amides is 1. The van der Waals surface area contributed by atoms with Gasteiger partial charge in [-0.05, 0) is 19.9 Å². The SMILES string of the molecule is COCC1CCC(COC(=O)N2CCNCC2)N1C. The fourth-order valence-electron chi connectivity index (χ4n) is 2.79. The Morgan fingerprint density at radius 1 is 1.21 bits per heavy atom. The van der Waals surface area contributed by atoms with E-state index in [0.717, 1.165) is 45.6 Å². The standard InChI is InChI=1S/C13H25N3O3/c1-15-11(9-18-2)3-4-12(15)10-19-13(17)16-7-5-14-6-8-16/h11-12,14H,3-10H2,1-2H3. The Kier molecular flexibility index (Phi) is 5.42. The topological polar surface area (TPSA) is 54.0 Å². The number of hydrogen-bond donors (Lipinski definition) is 1. The lowest BCUT2D eigenvalue weighted by Crippen LogP contribution is -2.47. The summed E-state index contributed by atoms with van der Waals surface area (Å²) in [6.07, 6.45) is 2.00. The van der Waals surface area contributed by atoms with Crippen molar-refractivity contribution in [3.63, 3.8) is 0 Å². The first-order valence-corrected chi connectivity index (χ1v) is 7.05. The quantitative estimate of drug-likeness (QED) is 0.788. The number of carbonyl (C=O) groups excluding carboxylic acids is 1. The molecule has 2 atom stereocenters. The van der Waals surface area contributed by atoms with Gasteiger partial charge in [0.15, 0.2) is 0 Å². The zero-order chi connectivity index (χ0) is 13.7. The lowest BCUT2D eigenvalue weighted by Gasteiger charge is -2.29. The molecule has 2 aliphatic heterocycles. The van der Waals surface area contributed by atoms with Crippen molar-refractivity contribution in [1.29, 1.82) is 0 Å². The number of hydrogen-bond acceptors (Lipinski definition) is 5. The van der Waals surface area contributed by atoms with Crippen molar-refractivity contribution in [2.45, 2.75) is 24.9 Å². The molecule has 2 saturated heterocycles. The summed E-state index contributed by atoms with van der Waals surface area (Å²) < 4.78 is 10.6. The molecule has 0 saturated carbocycles. The summed E-state index contributed by atoms with van der Waals surface area (Å²) in [5.74, 6) is 0. The van der Waals surface area contributed by atoms with E-state index in [1.54, 1.807) is 12.0 Å². The summed E-state index contributed by atoms with van der Waals surface area (Å²) >= 11 is 0. The molecule has 2 aliphatic rings. The van der Waals surface area contributed by atoms with E-state index in [1.165, 1.54) is 0 Å². The monoisotopic (exact) mass is 271 g/mol. The van der Waals surface area contributed by atoms with Crippen molar-refractivity contribution in [2.24, 2.45) is 0 Å². The second kappa shape index (κ2) is 7.07. The first-order valence-electron chi connectivity index (χ1n) is 7.05. The van der Waals surface area contributed by atoms with Gasteiger partial charge >= 0.3 is 6.09 Å². The smallest absolute Gasteiger partial charge is 0.409 e. The maximum atomic E-state index is 11.9. The highest BCUT2D eigenvalue weighted by atomic mass is 16.6. The van der Waals surface area contributed by atoms with E-state index in [0.29, 0.717) is 18.7 Å². The van der Waals surface area contributed by atoms with Crippen molar-refractivity contribution < 1.29 is 14.3 Å². The van der Waals surface area contributed by atoms with Gasteiger partial charge < -0.3 is 19.7 Å². The van der Waals surface area contributed by atoms with E-state index in [2.05, 4.69) is 17.3 Å². The number of methoxy groups -OCH3 is 1. The van der Waals surface area contributed by atoms with Crippen LogP contribution in [0.4, 0.5) is 4.79 Å². The Balaban J connectivity index is 1.71. The molecule has 2 heterocycles. The molecule has 0 aliphatic carbocycles. The molecule has 2 unspecified atom stereocenters. The van der Waals surface area contributed by atoms with E-state index in [-0.39, 0.29) is 6.09 Å². The minimum Gasteiger partial charge on any atom is -0.448 e. The number of likely N-dealkylation sites (N-methyl/N-ethyl adjacent to an activating group) is 1. The Hall–Kier alpha value is -0.850. The summed E-state index contributed by atoms with van der Waals surface area (Å²) in [5, 5.41) is 3.22. The van der Waals surface area contributed by atoms with Gasteiger partial charge in [-0.1, -0.05) is 0 Å². The molecule has 2 fully saturated rings. The van der Waals surface area contributed by atoms with Crippen LogP contribution in [-0.4, -0.2) is 81.5 Å². The van der Waals surface area contributed by atoms with Crippen LogP contribution in [0.1, 0.15) is 12.8 Å². The third kappa shape index (κ3) is 3.81. The second-order valence-corrected chi connectivity index (χ2v) is 5.32. The summed E-state index contributed by atoms with van der Waals surface area (Å²) in [6.45, 7) is 4.43. The third-order valence-electron chi connectivity index (χ3n) is 4.12. The molecule has 0 aromatic rings. The van der Waals surface area contributed by atoms with Crippen LogP contribution in [0.25, 0.3) is 0 Å². The van der Waals surface area contributed by atoms with Crippen molar-refractivity contribution in [3.8, 4) is 0 Å². The highest BCUT2D eigenvalue weighted by Gasteiger charge is 2.31. The van der Waals surface area contributed by atoms with Crippen LogP contribution in [0.5, 0.6) is 0 Å². The van der Waals surface area contributed by atoms with Crippen molar-refractivity contribution >= 4 is 6.09 Å². The molecular formula is C13H25N3O3. The molecular weight excluding hydrogens is 246 g/mol. The summed E-state index contributed by atoms with van der Waals surface area (Å²) in [4.78, 5) is 15.9. The minimum absolute atomic E-state index is 0.176. The van der Waals surface area contributed by atoms with Gasteiger partial charge in [0.25, 0.3) is 0 Å². The van der Waals surface area contributed by atoms with E-state index in [4.69, 9.17) is 9.47 Å². The number of nitrogens with one attached hydrogen (secondary N) is 1. The van der Waals surface area contributed by atoms with Crippen LogP contribution < -0.4 is 5.32 Å². The second-order valence-electron chi connectivity index (χ2n) is 5.32. The molecule has 110 valence electrons. The lowest BCUT2D eigenvalue weighted by atomic mass is 10.2. The van der Waals surface area contributed by atoms with E-state index in [1.807, 2.05) is 0 Å². The third-order valence-corrected chi connectivity index (χ3v) is 4.12. The maximum absolute atomic E-state index is 11.9. The van der Waals surface area contributed by atoms with Crippen LogP contribution in [0.2, 0.25) is 0 Å². The van der Waals surface area contributed by atoms with Gasteiger partial charge in [0.1, 0.15) is 6.61 Å². The van der Waals surface area contributed by atoms with E-state index in [9.17, 15) is 4.79 Å². The molecule has 19 heavy (non-hydrogen) atoms. The normalized spacial score (nSPS) is 28.6. The van der Waals surface area contributed by atoms with Gasteiger partial charge in [0.2, 0.25) is 0 Å². The molecule has 0 aromatic carbocycles. The Bertz CT molecular complexity index is 295. The van der Waals surface area contributed by atoms with Gasteiger partial charge in [0.05, 0.1) is 6.61 Å². The predicted octanol–water partition coefficient (Wildman–Crippen LogP) is 0.137. The number of ether oxygens (including phenoxy) is 2. The van der Waals surface area contributed by atoms with Crippen LogP contribution in [0, 0.1) is 0 Å². The first kappa shape index (κ1) is 14.6. The number of nitrogens with zero attached hydrogens (tertiary/aromatic N) is 2. The zero-order valence-electron chi connectivity index (χ0n) is 11.9. The summed E-state index contributed by atoms with van der Waals surface area (Å²) in [7, 11) is 3.81. The summed E-state index contributed by atoms with van der Waals surface area (Å²) in [5.41, 5.74) is 0. The highest BCUT2D eigenvalue weighted by molar-refractivity contribution is 5.67. The van der Waals surface area contributed by atoms with Gasteiger partial charge in [-0.15, -0.1) is 0 Å². The first-order chi connectivity index (χ1) is 9.22. The predicted molar refractivity (Wildman–Crippen MR) is 72.2 cm³/mol. The van der Waals surface area contributed by atoms with Crippen molar-refractivity contribution in [2.75, 3.05) is 53.6 Å². The van der Waals surface area contributed by atoms with E-state index >= 15 is 0 Å². The van der Waals surface area contributed by atoms with Gasteiger partial charge in [0, 0.05) is 45.4 Å². The van der Waals surface area contributed by atoms with Gasteiger partial charge in [-0.3, -0.25) is 4.90 Å². The van der Waals surface area contributed by atoms with Gasteiger partial charge in [-0.25, -0.2) is 4.79 Å². The minimum atomic E-state index is -0.176. The average Bonchev–Trinajstić information content (AvgIpc) is 2.79. The lowest BCUT2D eigenvalue weighted by molar-refractivity contribution is 0.0612. The van der Waals surface area contributed by atoms with Crippen molar-refractivity contribution in [1.82, 2.24) is 15.1 Å². The molecule has 0 bridgehead atoms. The van der Waals surface area contributed by atoms with Crippen LogP contribution >= 0.6 is 0 Å². The molecule has 1 amide bonds. The Morgan fingerprint density at radius 3 is 2.47 bits per heavy atom. The number of piperazine rings is 1. The van der Waals surface area contributed by atoms with Crippen LogP contribution in [0.3, 0.4) is 0 Å². The molecule has 0 spiro atoms.